The standard InChI is InChI=1S/C14H16BrIN2O2/c1-14(13(20)17-2)5-6-18(8-14)12(19)10-7-9(15)3-4-11(10)16/h3-4,7H,5-6,8H2,1-2H3,(H,17,20). The van der Waals surface area contributed by atoms with Crippen molar-refractivity contribution in [3.8, 4) is 0 Å². The van der Waals surface area contributed by atoms with Gasteiger partial charge in [0.25, 0.3) is 5.91 Å². The Balaban J connectivity index is 2.20. The molecule has 1 atom stereocenters. The number of nitrogens with zero attached hydrogens (tertiary/aromatic N) is 1. The fourth-order valence-electron chi connectivity index (χ4n) is 2.45. The van der Waals surface area contributed by atoms with Crippen LogP contribution in [0.2, 0.25) is 0 Å². The van der Waals surface area contributed by atoms with Crippen LogP contribution >= 0.6 is 38.5 Å². The van der Waals surface area contributed by atoms with Gasteiger partial charge in [-0.25, -0.2) is 0 Å². The highest BCUT2D eigenvalue weighted by Gasteiger charge is 2.41. The molecule has 1 heterocycles. The highest BCUT2D eigenvalue weighted by molar-refractivity contribution is 14.1. The van der Waals surface area contributed by atoms with Crippen LogP contribution in [0.5, 0.6) is 0 Å². The lowest BCUT2D eigenvalue weighted by molar-refractivity contribution is -0.128. The topological polar surface area (TPSA) is 49.4 Å². The molecule has 1 N–H and O–H groups in total. The average molecular weight is 451 g/mol. The van der Waals surface area contributed by atoms with Gasteiger partial charge in [0.05, 0.1) is 11.0 Å². The van der Waals surface area contributed by atoms with Crippen LogP contribution in [0.1, 0.15) is 23.7 Å². The third-order valence-electron chi connectivity index (χ3n) is 3.69. The minimum absolute atomic E-state index is 0.00302. The summed E-state index contributed by atoms with van der Waals surface area (Å²) in [6.07, 6.45) is 0.697. The number of carbonyl (C=O) groups excluding carboxylic acids is 2. The van der Waals surface area contributed by atoms with Gasteiger partial charge < -0.3 is 10.2 Å². The van der Waals surface area contributed by atoms with Crippen LogP contribution in [0.4, 0.5) is 0 Å². The van der Waals surface area contributed by atoms with Crippen LogP contribution in [0, 0.1) is 8.99 Å². The molecule has 1 aliphatic heterocycles. The van der Waals surface area contributed by atoms with Gasteiger partial charge in [-0.15, -0.1) is 0 Å². The molecule has 0 aliphatic carbocycles. The van der Waals surface area contributed by atoms with E-state index in [9.17, 15) is 9.59 Å². The second kappa shape index (κ2) is 6.01. The Morgan fingerprint density at radius 2 is 2.15 bits per heavy atom. The fraction of sp³-hybridized carbons (Fsp3) is 0.429. The van der Waals surface area contributed by atoms with Crippen molar-refractivity contribution in [3.63, 3.8) is 0 Å². The van der Waals surface area contributed by atoms with E-state index in [0.717, 1.165) is 8.04 Å². The van der Waals surface area contributed by atoms with Gasteiger partial charge in [0, 0.05) is 28.2 Å². The minimum atomic E-state index is -0.484. The molecule has 2 rings (SSSR count). The first-order valence-electron chi connectivity index (χ1n) is 6.34. The van der Waals surface area contributed by atoms with Crippen molar-refractivity contribution in [3.05, 3.63) is 31.8 Å². The molecular weight excluding hydrogens is 435 g/mol. The normalized spacial score (nSPS) is 21.9. The zero-order valence-electron chi connectivity index (χ0n) is 11.4. The molecule has 108 valence electrons. The summed E-state index contributed by atoms with van der Waals surface area (Å²) in [5.41, 5.74) is 0.197. The molecule has 1 fully saturated rings. The number of hydrogen-bond donors (Lipinski definition) is 1. The Morgan fingerprint density at radius 3 is 2.80 bits per heavy atom. The monoisotopic (exact) mass is 450 g/mol. The van der Waals surface area contributed by atoms with E-state index in [4.69, 9.17) is 0 Å². The number of likely N-dealkylation sites (tertiary alicyclic amines) is 1. The van der Waals surface area contributed by atoms with Crippen molar-refractivity contribution in [2.24, 2.45) is 5.41 Å². The van der Waals surface area contributed by atoms with Crippen LogP contribution in [-0.4, -0.2) is 36.9 Å². The molecule has 4 nitrogen and oxygen atoms in total. The lowest BCUT2D eigenvalue weighted by Crippen LogP contribution is -2.40. The molecule has 0 bridgehead atoms. The van der Waals surface area contributed by atoms with Crippen LogP contribution in [0.15, 0.2) is 22.7 Å². The largest absolute Gasteiger partial charge is 0.359 e. The van der Waals surface area contributed by atoms with Gasteiger partial charge in [0.15, 0.2) is 0 Å². The second-order valence-electron chi connectivity index (χ2n) is 5.24. The van der Waals surface area contributed by atoms with Crippen LogP contribution in [-0.2, 0) is 4.79 Å². The van der Waals surface area contributed by atoms with Gasteiger partial charge in [-0.05, 0) is 54.1 Å². The van der Waals surface area contributed by atoms with E-state index >= 15 is 0 Å². The maximum Gasteiger partial charge on any atom is 0.255 e. The maximum atomic E-state index is 12.6. The molecule has 0 saturated carbocycles. The summed E-state index contributed by atoms with van der Waals surface area (Å²) in [5, 5.41) is 2.68. The van der Waals surface area contributed by atoms with Gasteiger partial charge in [-0.2, -0.15) is 0 Å². The molecule has 0 radical (unpaired) electrons. The van der Waals surface area contributed by atoms with Gasteiger partial charge in [-0.3, -0.25) is 9.59 Å². The second-order valence-corrected chi connectivity index (χ2v) is 7.32. The molecular formula is C14H16BrIN2O2. The van der Waals surface area contributed by atoms with Crippen molar-refractivity contribution in [1.29, 1.82) is 0 Å². The predicted molar refractivity (Wildman–Crippen MR) is 89.6 cm³/mol. The Labute approximate surface area is 140 Å². The quantitative estimate of drug-likeness (QED) is 0.704. The number of carbonyl (C=O) groups is 2. The summed E-state index contributed by atoms with van der Waals surface area (Å²) < 4.78 is 1.80. The van der Waals surface area contributed by atoms with Crippen molar-refractivity contribution in [2.45, 2.75) is 13.3 Å². The smallest absolute Gasteiger partial charge is 0.255 e. The Kier molecular flexibility index (Phi) is 4.73. The Morgan fingerprint density at radius 1 is 1.45 bits per heavy atom. The molecule has 1 aromatic carbocycles. The maximum absolute atomic E-state index is 12.6. The van der Waals surface area contributed by atoms with Crippen molar-refractivity contribution < 1.29 is 9.59 Å². The predicted octanol–water partition coefficient (Wildman–Crippen LogP) is 2.65. The summed E-state index contributed by atoms with van der Waals surface area (Å²) >= 11 is 5.55. The lowest BCUT2D eigenvalue weighted by Gasteiger charge is -2.23. The first kappa shape index (κ1) is 15.8. The molecule has 6 heteroatoms. The molecule has 1 unspecified atom stereocenters. The molecule has 1 saturated heterocycles. The van der Waals surface area contributed by atoms with Crippen molar-refractivity contribution in [1.82, 2.24) is 10.2 Å². The van der Waals surface area contributed by atoms with Gasteiger partial charge in [-0.1, -0.05) is 15.9 Å². The van der Waals surface area contributed by atoms with E-state index in [1.165, 1.54) is 0 Å². The molecule has 0 aromatic heterocycles. The van der Waals surface area contributed by atoms with E-state index in [2.05, 4.69) is 43.8 Å². The third kappa shape index (κ3) is 3.00. The number of amides is 2. The molecule has 1 aliphatic rings. The SMILES string of the molecule is CNC(=O)C1(C)CCN(C(=O)c2cc(Br)ccc2I)C1. The van der Waals surface area contributed by atoms with Crippen LogP contribution in [0.25, 0.3) is 0 Å². The minimum Gasteiger partial charge on any atom is -0.359 e. The van der Waals surface area contributed by atoms with Gasteiger partial charge in [0.1, 0.15) is 0 Å². The summed E-state index contributed by atoms with van der Waals surface area (Å²) in [7, 11) is 1.63. The van der Waals surface area contributed by atoms with Crippen LogP contribution < -0.4 is 5.32 Å². The van der Waals surface area contributed by atoms with E-state index in [1.807, 2.05) is 25.1 Å². The fourth-order valence-corrected chi connectivity index (χ4v) is 3.38. The number of halogens is 2. The van der Waals surface area contributed by atoms with E-state index in [-0.39, 0.29) is 11.8 Å². The Bertz CT molecular complexity index is 564. The first-order chi connectivity index (χ1) is 9.37. The molecule has 2 amide bonds. The Hall–Kier alpha value is -0.630. The van der Waals surface area contributed by atoms with Crippen LogP contribution in [0.3, 0.4) is 0 Å². The zero-order chi connectivity index (χ0) is 14.9. The summed E-state index contributed by atoms with van der Waals surface area (Å²) in [6, 6.07) is 5.66. The molecule has 20 heavy (non-hydrogen) atoms. The summed E-state index contributed by atoms with van der Waals surface area (Å²) in [6.45, 7) is 2.99. The highest BCUT2D eigenvalue weighted by Crippen LogP contribution is 2.32. The molecule has 0 spiro atoms. The zero-order valence-corrected chi connectivity index (χ0v) is 15.1. The van der Waals surface area contributed by atoms with Gasteiger partial charge >= 0.3 is 0 Å². The lowest BCUT2D eigenvalue weighted by atomic mass is 9.89. The number of rotatable bonds is 2. The van der Waals surface area contributed by atoms with Crippen molar-refractivity contribution >= 4 is 50.3 Å². The number of benzene rings is 1. The van der Waals surface area contributed by atoms with E-state index in [1.54, 1.807) is 11.9 Å². The highest BCUT2D eigenvalue weighted by atomic mass is 127. The van der Waals surface area contributed by atoms with E-state index < -0.39 is 5.41 Å². The third-order valence-corrected chi connectivity index (χ3v) is 5.13. The summed E-state index contributed by atoms with van der Waals surface area (Å²) in [4.78, 5) is 26.3. The van der Waals surface area contributed by atoms with E-state index in [0.29, 0.717) is 25.1 Å². The summed E-state index contributed by atoms with van der Waals surface area (Å²) in [5.74, 6) is -0.0138. The molecule has 1 aromatic rings. The first-order valence-corrected chi connectivity index (χ1v) is 8.21. The average Bonchev–Trinajstić information content (AvgIpc) is 2.83. The van der Waals surface area contributed by atoms with Gasteiger partial charge in [0.2, 0.25) is 5.91 Å². The van der Waals surface area contributed by atoms with Crippen molar-refractivity contribution in [2.75, 3.05) is 20.1 Å². The number of nitrogens with one attached hydrogen (secondary N) is 1. The number of hydrogen-bond acceptors (Lipinski definition) is 2.